The molecule has 76 valence electrons. The van der Waals surface area contributed by atoms with Crippen LogP contribution in [0.15, 0.2) is 4.99 Å². The van der Waals surface area contributed by atoms with E-state index in [0.717, 1.165) is 32.7 Å². The Kier molecular flexibility index (Phi) is 4.78. The zero-order valence-corrected chi connectivity index (χ0v) is 8.40. The molecule has 0 aromatic carbocycles. The van der Waals surface area contributed by atoms with Crippen molar-refractivity contribution in [3.05, 3.63) is 0 Å². The van der Waals surface area contributed by atoms with Gasteiger partial charge in [-0.05, 0) is 13.3 Å². The van der Waals surface area contributed by atoms with Gasteiger partial charge in [-0.25, -0.2) is 0 Å². The van der Waals surface area contributed by atoms with Crippen LogP contribution in [0.4, 0.5) is 0 Å². The first-order valence-corrected chi connectivity index (χ1v) is 4.84. The smallest absolute Gasteiger partial charge is 0.196 e. The summed E-state index contributed by atoms with van der Waals surface area (Å²) in [6.45, 7) is 7.32. The van der Waals surface area contributed by atoms with Gasteiger partial charge in [0.05, 0.1) is 32.3 Å². The summed E-state index contributed by atoms with van der Waals surface area (Å²) in [5.74, 6) is 0. The van der Waals surface area contributed by atoms with Gasteiger partial charge in [-0.1, -0.05) is 6.92 Å². The fraction of sp³-hybridized carbons (Fsp3) is 0.889. The number of hydrogen-bond donors (Lipinski definition) is 0. The van der Waals surface area contributed by atoms with Crippen molar-refractivity contribution in [2.24, 2.45) is 4.99 Å². The minimum atomic E-state index is 0.348. The number of hydrogen-bond acceptors (Lipinski definition) is 4. The summed E-state index contributed by atoms with van der Waals surface area (Å²) in [6.07, 6.45) is 2.59. The number of nitrogens with zero attached hydrogens (tertiary/aromatic N) is 2. The van der Waals surface area contributed by atoms with E-state index in [1.807, 2.05) is 5.06 Å². The third-order valence-corrected chi connectivity index (χ3v) is 2.07. The molecule has 0 aliphatic carbocycles. The maximum atomic E-state index is 5.32. The topological polar surface area (TPSA) is 34.1 Å². The SMILES string of the molecule is CCC(C)/N=C/ON1CCOCC1. The van der Waals surface area contributed by atoms with Gasteiger partial charge in [0.2, 0.25) is 0 Å². The van der Waals surface area contributed by atoms with Crippen LogP contribution in [0, 0.1) is 0 Å². The van der Waals surface area contributed by atoms with Crippen LogP contribution in [0.25, 0.3) is 0 Å². The molecule has 1 fully saturated rings. The normalized spacial score (nSPS) is 22.0. The Morgan fingerprint density at radius 1 is 1.54 bits per heavy atom. The standard InChI is InChI=1S/C9H18N2O2/c1-3-9(2)10-8-13-11-4-6-12-7-5-11/h8-9H,3-7H2,1-2H3/b10-8+. The lowest BCUT2D eigenvalue weighted by molar-refractivity contribution is -0.124. The first-order chi connectivity index (χ1) is 6.33. The molecular formula is C9H18N2O2. The Labute approximate surface area is 79.5 Å². The largest absolute Gasteiger partial charge is 0.394 e. The molecular weight excluding hydrogens is 168 g/mol. The quantitative estimate of drug-likeness (QED) is 0.486. The molecule has 0 amide bonds. The average Bonchev–Trinajstić information content (AvgIpc) is 2.19. The van der Waals surface area contributed by atoms with E-state index in [1.54, 1.807) is 6.40 Å². The van der Waals surface area contributed by atoms with Gasteiger partial charge in [0.25, 0.3) is 0 Å². The lowest BCUT2D eigenvalue weighted by Crippen LogP contribution is -2.35. The highest BCUT2D eigenvalue weighted by Gasteiger charge is 2.09. The van der Waals surface area contributed by atoms with Crippen molar-refractivity contribution in [3.63, 3.8) is 0 Å². The fourth-order valence-electron chi connectivity index (χ4n) is 0.955. The lowest BCUT2D eigenvalue weighted by atomic mass is 10.3. The van der Waals surface area contributed by atoms with E-state index in [1.165, 1.54) is 0 Å². The van der Waals surface area contributed by atoms with Crippen LogP contribution in [0.3, 0.4) is 0 Å². The molecule has 0 aromatic rings. The summed E-state index contributed by atoms with van der Waals surface area (Å²) in [5.41, 5.74) is 0. The first-order valence-electron chi connectivity index (χ1n) is 4.84. The summed E-state index contributed by atoms with van der Waals surface area (Å²) >= 11 is 0. The minimum Gasteiger partial charge on any atom is -0.394 e. The number of rotatable bonds is 4. The molecule has 13 heavy (non-hydrogen) atoms. The van der Waals surface area contributed by atoms with Gasteiger partial charge in [0, 0.05) is 0 Å². The molecule has 1 atom stereocenters. The van der Waals surface area contributed by atoms with Crippen LogP contribution in [0.2, 0.25) is 0 Å². The first kappa shape index (κ1) is 10.5. The van der Waals surface area contributed by atoms with Crippen molar-refractivity contribution in [2.45, 2.75) is 26.3 Å². The van der Waals surface area contributed by atoms with Crippen LogP contribution in [-0.4, -0.2) is 43.8 Å². The molecule has 4 nitrogen and oxygen atoms in total. The molecule has 0 spiro atoms. The molecule has 1 aliphatic rings. The van der Waals surface area contributed by atoms with Gasteiger partial charge in [0.1, 0.15) is 0 Å². The third kappa shape index (κ3) is 4.24. The Morgan fingerprint density at radius 3 is 2.85 bits per heavy atom. The highest BCUT2D eigenvalue weighted by molar-refractivity contribution is 5.46. The highest BCUT2D eigenvalue weighted by Crippen LogP contribution is 1.97. The number of morpholine rings is 1. The van der Waals surface area contributed by atoms with Crippen LogP contribution >= 0.6 is 0 Å². The summed E-state index contributed by atoms with van der Waals surface area (Å²) in [7, 11) is 0. The van der Waals surface area contributed by atoms with E-state index >= 15 is 0 Å². The molecule has 0 aromatic heterocycles. The molecule has 0 bridgehead atoms. The highest BCUT2D eigenvalue weighted by atomic mass is 16.7. The summed E-state index contributed by atoms with van der Waals surface area (Å²) < 4.78 is 5.18. The van der Waals surface area contributed by atoms with Crippen molar-refractivity contribution in [3.8, 4) is 0 Å². The third-order valence-electron chi connectivity index (χ3n) is 2.07. The number of ether oxygens (including phenoxy) is 1. The van der Waals surface area contributed by atoms with E-state index in [0.29, 0.717) is 6.04 Å². The van der Waals surface area contributed by atoms with Crippen LogP contribution in [0.1, 0.15) is 20.3 Å². The summed E-state index contributed by atoms with van der Waals surface area (Å²) in [6, 6.07) is 0.348. The minimum absolute atomic E-state index is 0.348. The van der Waals surface area contributed by atoms with E-state index in [9.17, 15) is 0 Å². The van der Waals surface area contributed by atoms with Crippen LogP contribution in [-0.2, 0) is 9.57 Å². The van der Waals surface area contributed by atoms with Crippen LogP contribution in [0.5, 0.6) is 0 Å². The van der Waals surface area contributed by atoms with E-state index in [4.69, 9.17) is 9.57 Å². The average molecular weight is 186 g/mol. The Balaban J connectivity index is 2.13. The molecule has 1 rings (SSSR count). The summed E-state index contributed by atoms with van der Waals surface area (Å²) in [4.78, 5) is 9.52. The van der Waals surface area contributed by atoms with Gasteiger partial charge < -0.3 is 9.57 Å². The maximum Gasteiger partial charge on any atom is 0.196 e. The second-order valence-corrected chi connectivity index (χ2v) is 3.16. The fourth-order valence-corrected chi connectivity index (χ4v) is 0.955. The van der Waals surface area contributed by atoms with Crippen molar-refractivity contribution >= 4 is 6.40 Å². The second kappa shape index (κ2) is 5.94. The summed E-state index contributed by atoms with van der Waals surface area (Å²) in [5, 5.41) is 1.87. The molecule has 1 aliphatic heterocycles. The molecule has 4 heteroatoms. The molecule has 1 saturated heterocycles. The van der Waals surface area contributed by atoms with E-state index in [-0.39, 0.29) is 0 Å². The van der Waals surface area contributed by atoms with Crippen molar-refractivity contribution in [1.29, 1.82) is 0 Å². The lowest BCUT2D eigenvalue weighted by Gasteiger charge is -2.24. The Morgan fingerprint density at radius 2 is 2.23 bits per heavy atom. The molecule has 0 radical (unpaired) electrons. The Hall–Kier alpha value is -0.610. The van der Waals surface area contributed by atoms with Gasteiger partial charge in [-0.3, -0.25) is 4.99 Å². The van der Waals surface area contributed by atoms with Gasteiger partial charge >= 0.3 is 0 Å². The van der Waals surface area contributed by atoms with Crippen LogP contribution < -0.4 is 0 Å². The molecule has 0 N–H and O–H groups in total. The number of aliphatic imine (C=N–C) groups is 1. The van der Waals surface area contributed by atoms with Gasteiger partial charge in [-0.15, -0.1) is 5.06 Å². The van der Waals surface area contributed by atoms with Crippen molar-refractivity contribution in [2.75, 3.05) is 26.3 Å². The van der Waals surface area contributed by atoms with E-state index in [2.05, 4.69) is 18.8 Å². The van der Waals surface area contributed by atoms with Gasteiger partial charge in [0.15, 0.2) is 6.40 Å². The van der Waals surface area contributed by atoms with Crippen molar-refractivity contribution < 1.29 is 9.57 Å². The van der Waals surface area contributed by atoms with Gasteiger partial charge in [-0.2, -0.15) is 0 Å². The predicted octanol–water partition coefficient (Wildman–Crippen LogP) is 1.08. The molecule has 0 saturated carbocycles. The maximum absolute atomic E-state index is 5.32. The Bertz CT molecular complexity index is 156. The zero-order valence-electron chi connectivity index (χ0n) is 8.40. The van der Waals surface area contributed by atoms with E-state index < -0.39 is 0 Å². The molecule has 1 heterocycles. The second-order valence-electron chi connectivity index (χ2n) is 3.16. The number of hydroxylamine groups is 2. The zero-order chi connectivity index (χ0) is 9.52. The molecule has 1 unspecified atom stereocenters. The monoisotopic (exact) mass is 186 g/mol. The predicted molar refractivity (Wildman–Crippen MR) is 51.7 cm³/mol. The van der Waals surface area contributed by atoms with Crippen molar-refractivity contribution in [1.82, 2.24) is 5.06 Å².